The fourth-order valence-electron chi connectivity index (χ4n) is 3.11. The number of benzene rings is 1. The number of ether oxygens (including phenoxy) is 4. The van der Waals surface area contributed by atoms with E-state index in [1.807, 2.05) is 27.7 Å². The summed E-state index contributed by atoms with van der Waals surface area (Å²) < 4.78 is 19.9. The zero-order valence-electron chi connectivity index (χ0n) is 21.2. The lowest BCUT2D eigenvalue weighted by atomic mass is 9.88. The van der Waals surface area contributed by atoms with Crippen LogP contribution < -0.4 is 0 Å². The summed E-state index contributed by atoms with van der Waals surface area (Å²) in [6, 6.07) is 5.69. The highest BCUT2D eigenvalue weighted by molar-refractivity contribution is 6.03. The molecule has 2 N–H and O–H groups in total. The van der Waals surface area contributed by atoms with E-state index in [0.717, 1.165) is 6.08 Å². The summed E-state index contributed by atoms with van der Waals surface area (Å²) in [5, 5.41) is 19.9. The number of carbonyl (C=O) groups is 4. The first-order valence-corrected chi connectivity index (χ1v) is 11.7. The van der Waals surface area contributed by atoms with E-state index in [4.69, 9.17) is 14.2 Å². The Hall–Kier alpha value is -3.24. The summed E-state index contributed by atoms with van der Waals surface area (Å²) in [7, 11) is 0. The average molecular weight is 509 g/mol. The second-order valence-corrected chi connectivity index (χ2v) is 8.99. The molecule has 0 aromatic heterocycles. The van der Waals surface area contributed by atoms with Gasteiger partial charge in [-0.15, -0.1) is 0 Å². The summed E-state index contributed by atoms with van der Waals surface area (Å²) >= 11 is 0. The van der Waals surface area contributed by atoms with E-state index in [2.05, 4.69) is 11.3 Å². The standard InChI is InChI=1S/C26H36O10/c1-6-23(29)33-12-18(27)13-34-24(30)20-9-7-8-10-21(20)25(31)35-14-19(28)15-36-26(32)22(17(4)5)11-16(2)3/h6-10,16-19,22,27-28H,1,11-15H2,2-5H3. The fraction of sp³-hybridized carbons (Fsp3) is 0.538. The van der Waals surface area contributed by atoms with Crippen LogP contribution in [-0.4, -0.2) is 72.7 Å². The number of hydrogen-bond donors (Lipinski definition) is 2. The monoisotopic (exact) mass is 508 g/mol. The minimum absolute atomic E-state index is 0.0782. The highest BCUT2D eigenvalue weighted by atomic mass is 16.6. The van der Waals surface area contributed by atoms with Gasteiger partial charge in [0.25, 0.3) is 0 Å². The predicted molar refractivity (Wildman–Crippen MR) is 129 cm³/mol. The zero-order chi connectivity index (χ0) is 27.3. The molecule has 1 aromatic rings. The second-order valence-electron chi connectivity index (χ2n) is 8.99. The molecule has 0 heterocycles. The number of esters is 4. The van der Waals surface area contributed by atoms with Crippen LogP contribution in [0.1, 0.15) is 54.8 Å². The van der Waals surface area contributed by atoms with E-state index in [1.54, 1.807) is 0 Å². The van der Waals surface area contributed by atoms with Gasteiger partial charge in [0.1, 0.15) is 38.6 Å². The Morgan fingerprint density at radius 3 is 1.67 bits per heavy atom. The molecule has 36 heavy (non-hydrogen) atoms. The third-order valence-corrected chi connectivity index (χ3v) is 5.02. The molecule has 10 nitrogen and oxygen atoms in total. The molecule has 1 aromatic carbocycles. The predicted octanol–water partition coefficient (Wildman–Crippen LogP) is 2.31. The van der Waals surface area contributed by atoms with Gasteiger partial charge < -0.3 is 29.2 Å². The zero-order valence-corrected chi connectivity index (χ0v) is 21.2. The molecule has 0 saturated carbocycles. The van der Waals surface area contributed by atoms with E-state index in [0.29, 0.717) is 12.3 Å². The first kappa shape index (κ1) is 30.8. The molecule has 3 unspecified atom stereocenters. The number of rotatable bonds is 15. The van der Waals surface area contributed by atoms with Crippen molar-refractivity contribution in [1.82, 2.24) is 0 Å². The lowest BCUT2D eigenvalue weighted by molar-refractivity contribution is -0.154. The van der Waals surface area contributed by atoms with Crippen LogP contribution in [0, 0.1) is 17.8 Å². The lowest BCUT2D eigenvalue weighted by Gasteiger charge is -2.22. The van der Waals surface area contributed by atoms with E-state index in [-0.39, 0.29) is 29.6 Å². The van der Waals surface area contributed by atoms with Crippen molar-refractivity contribution in [3.8, 4) is 0 Å². The van der Waals surface area contributed by atoms with E-state index < -0.39 is 55.9 Å². The third kappa shape index (κ3) is 11.0. The quantitative estimate of drug-likeness (QED) is 0.206. The summed E-state index contributed by atoms with van der Waals surface area (Å²) in [5.41, 5.74) is -0.233. The van der Waals surface area contributed by atoms with Gasteiger partial charge in [0.15, 0.2) is 0 Å². The molecule has 0 aliphatic heterocycles. The van der Waals surface area contributed by atoms with Gasteiger partial charge in [-0.1, -0.05) is 46.4 Å². The summed E-state index contributed by atoms with van der Waals surface area (Å²) in [5.74, 6) is -2.87. The molecule has 0 aliphatic carbocycles. The highest BCUT2D eigenvalue weighted by Gasteiger charge is 2.26. The molecule has 0 bridgehead atoms. The minimum Gasteiger partial charge on any atom is -0.463 e. The lowest BCUT2D eigenvalue weighted by Crippen LogP contribution is -2.30. The minimum atomic E-state index is -1.27. The van der Waals surface area contributed by atoms with Crippen LogP contribution in [0.3, 0.4) is 0 Å². The first-order valence-electron chi connectivity index (χ1n) is 11.7. The van der Waals surface area contributed by atoms with Gasteiger partial charge in [-0.25, -0.2) is 14.4 Å². The number of carbonyl (C=O) groups excluding carboxylic acids is 4. The maximum atomic E-state index is 12.5. The molecular weight excluding hydrogens is 472 g/mol. The maximum Gasteiger partial charge on any atom is 0.339 e. The molecule has 0 amide bonds. The van der Waals surface area contributed by atoms with Crippen LogP contribution in [0.25, 0.3) is 0 Å². The van der Waals surface area contributed by atoms with Crippen molar-refractivity contribution in [2.24, 2.45) is 17.8 Å². The van der Waals surface area contributed by atoms with Crippen molar-refractivity contribution in [3.05, 3.63) is 48.0 Å². The van der Waals surface area contributed by atoms with Crippen molar-refractivity contribution in [1.29, 1.82) is 0 Å². The molecule has 3 atom stereocenters. The van der Waals surface area contributed by atoms with Gasteiger partial charge >= 0.3 is 23.9 Å². The number of hydrogen-bond acceptors (Lipinski definition) is 10. The average Bonchev–Trinajstić information content (AvgIpc) is 2.85. The van der Waals surface area contributed by atoms with Gasteiger partial charge in [-0.3, -0.25) is 4.79 Å². The van der Waals surface area contributed by atoms with Crippen LogP contribution in [0.15, 0.2) is 36.9 Å². The molecule has 0 spiro atoms. The first-order chi connectivity index (χ1) is 17.0. The molecule has 0 radical (unpaired) electrons. The highest BCUT2D eigenvalue weighted by Crippen LogP contribution is 2.22. The molecule has 0 fully saturated rings. The molecule has 1 rings (SSSR count). The molecule has 200 valence electrons. The molecular formula is C26H36O10. The van der Waals surface area contributed by atoms with Crippen LogP contribution in [0.2, 0.25) is 0 Å². The summed E-state index contributed by atoms with van der Waals surface area (Å²) in [6.45, 7) is 9.40. The Morgan fingerprint density at radius 1 is 0.806 bits per heavy atom. The Bertz CT molecular complexity index is 892. The second kappa shape index (κ2) is 15.7. The molecule has 0 aliphatic rings. The molecule has 0 saturated heterocycles. The Kier molecular flexibility index (Phi) is 13.4. The third-order valence-electron chi connectivity index (χ3n) is 5.02. The topological polar surface area (TPSA) is 146 Å². The van der Waals surface area contributed by atoms with E-state index in [9.17, 15) is 29.4 Å². The van der Waals surface area contributed by atoms with Crippen LogP contribution in [0.4, 0.5) is 0 Å². The van der Waals surface area contributed by atoms with Gasteiger partial charge in [-0.05, 0) is 30.4 Å². The van der Waals surface area contributed by atoms with Crippen molar-refractivity contribution in [3.63, 3.8) is 0 Å². The van der Waals surface area contributed by atoms with Crippen molar-refractivity contribution < 1.29 is 48.3 Å². The van der Waals surface area contributed by atoms with Crippen molar-refractivity contribution >= 4 is 23.9 Å². The van der Waals surface area contributed by atoms with Crippen molar-refractivity contribution in [2.75, 3.05) is 26.4 Å². The summed E-state index contributed by atoms with van der Waals surface area (Å²) in [4.78, 5) is 48.3. The van der Waals surface area contributed by atoms with Crippen LogP contribution >= 0.6 is 0 Å². The smallest absolute Gasteiger partial charge is 0.339 e. The maximum absolute atomic E-state index is 12.5. The van der Waals surface area contributed by atoms with Gasteiger partial charge in [0, 0.05) is 6.08 Å². The Balaban J connectivity index is 2.61. The largest absolute Gasteiger partial charge is 0.463 e. The SMILES string of the molecule is C=CC(=O)OCC(O)COC(=O)c1ccccc1C(=O)OCC(O)COC(=O)C(CC(C)C)C(C)C. The Morgan fingerprint density at radius 2 is 1.25 bits per heavy atom. The summed E-state index contributed by atoms with van der Waals surface area (Å²) in [6.07, 6.45) is -0.939. The number of aliphatic hydroxyl groups is 2. The van der Waals surface area contributed by atoms with Gasteiger partial charge in [-0.2, -0.15) is 0 Å². The normalized spacial score (nSPS) is 13.4. The van der Waals surface area contributed by atoms with E-state index >= 15 is 0 Å². The van der Waals surface area contributed by atoms with Gasteiger partial charge in [0.2, 0.25) is 0 Å². The van der Waals surface area contributed by atoms with Crippen molar-refractivity contribution in [2.45, 2.75) is 46.3 Å². The van der Waals surface area contributed by atoms with Crippen LogP contribution in [-0.2, 0) is 28.5 Å². The van der Waals surface area contributed by atoms with Crippen LogP contribution in [0.5, 0.6) is 0 Å². The fourth-order valence-corrected chi connectivity index (χ4v) is 3.11. The number of aliphatic hydroxyl groups excluding tert-OH is 2. The Labute approximate surface area is 211 Å². The van der Waals surface area contributed by atoms with E-state index in [1.165, 1.54) is 24.3 Å². The van der Waals surface area contributed by atoms with Gasteiger partial charge in [0.05, 0.1) is 17.0 Å². The molecule has 10 heteroatoms.